The van der Waals surface area contributed by atoms with Crippen LogP contribution in [0, 0.1) is 23.2 Å². The van der Waals surface area contributed by atoms with Crippen molar-refractivity contribution in [2.45, 2.75) is 45.1 Å². The van der Waals surface area contributed by atoms with Gasteiger partial charge in [0.15, 0.2) is 0 Å². The Hall–Kier alpha value is -0.0400. The normalized spacial score (nSPS) is 58.0. The smallest absolute Gasteiger partial charge is 0.0568 e. The molecule has 1 N–H and O–H groups in total. The van der Waals surface area contributed by atoms with E-state index in [0.29, 0.717) is 5.41 Å². The van der Waals surface area contributed by atoms with Gasteiger partial charge in [-0.05, 0) is 62.2 Å². The third kappa shape index (κ3) is 0.736. The average Bonchev–Trinajstić information content (AvgIpc) is 2.39. The lowest BCUT2D eigenvalue weighted by Gasteiger charge is -2.40. The first-order valence-electron chi connectivity index (χ1n) is 5.38. The summed E-state index contributed by atoms with van der Waals surface area (Å²) in [6, 6.07) is 0. The Kier molecular flexibility index (Phi) is 1.27. The molecule has 0 saturated heterocycles. The molecule has 68 valence electrons. The fraction of sp³-hybridized carbons (Fsp3) is 1.00. The molecule has 0 radical (unpaired) electrons. The second kappa shape index (κ2) is 2.06. The predicted molar refractivity (Wildman–Crippen MR) is 47.7 cm³/mol. The summed E-state index contributed by atoms with van der Waals surface area (Å²) in [6.07, 6.45) is 6.93. The minimum absolute atomic E-state index is 0.0481. The lowest BCUT2D eigenvalue weighted by Crippen LogP contribution is -2.36. The molecule has 0 heterocycles. The molecule has 4 saturated carbocycles. The predicted octanol–water partition coefficient (Wildman–Crippen LogP) is 2.19. The van der Waals surface area contributed by atoms with Crippen LogP contribution in [-0.4, -0.2) is 11.2 Å². The summed E-state index contributed by atoms with van der Waals surface area (Å²) in [6.45, 7) is 2.01. The van der Waals surface area contributed by atoms with Crippen molar-refractivity contribution in [3.63, 3.8) is 0 Å². The molecule has 12 heavy (non-hydrogen) atoms. The molecule has 0 amide bonds. The van der Waals surface area contributed by atoms with Crippen molar-refractivity contribution < 1.29 is 5.11 Å². The maximum atomic E-state index is 9.79. The monoisotopic (exact) mass is 166 g/mol. The maximum Gasteiger partial charge on any atom is 0.0568 e. The highest BCUT2D eigenvalue weighted by molar-refractivity contribution is 5.07. The molecule has 0 spiro atoms. The Labute approximate surface area is 74.2 Å². The fourth-order valence-electron chi connectivity index (χ4n) is 4.39. The van der Waals surface area contributed by atoms with E-state index in [-0.39, 0.29) is 6.10 Å². The highest BCUT2D eigenvalue weighted by atomic mass is 16.3. The van der Waals surface area contributed by atoms with Gasteiger partial charge in [-0.2, -0.15) is 0 Å². The molecule has 0 aromatic heterocycles. The quantitative estimate of drug-likeness (QED) is 0.633. The van der Waals surface area contributed by atoms with E-state index in [4.69, 9.17) is 0 Å². The van der Waals surface area contributed by atoms with Gasteiger partial charge in [0.25, 0.3) is 0 Å². The van der Waals surface area contributed by atoms with Gasteiger partial charge in [0, 0.05) is 0 Å². The number of rotatable bonds is 1. The second-order valence-corrected chi connectivity index (χ2v) is 5.51. The van der Waals surface area contributed by atoms with E-state index in [2.05, 4.69) is 0 Å². The first-order chi connectivity index (χ1) is 5.70. The van der Waals surface area contributed by atoms with Gasteiger partial charge in [-0.1, -0.05) is 0 Å². The van der Waals surface area contributed by atoms with Crippen LogP contribution in [0.3, 0.4) is 0 Å². The zero-order valence-corrected chi connectivity index (χ0v) is 7.79. The lowest BCUT2D eigenvalue weighted by molar-refractivity contribution is -0.00465. The fourth-order valence-corrected chi connectivity index (χ4v) is 4.39. The third-order valence-corrected chi connectivity index (χ3v) is 4.86. The molecular formula is C11H18O. The molecule has 4 rings (SSSR count). The topological polar surface area (TPSA) is 20.2 Å². The molecule has 0 aromatic carbocycles. The third-order valence-electron chi connectivity index (χ3n) is 4.86. The Balaban J connectivity index is 1.93. The summed E-state index contributed by atoms with van der Waals surface area (Å²) in [5, 5.41) is 9.79. The Morgan fingerprint density at radius 1 is 1.17 bits per heavy atom. The summed E-state index contributed by atoms with van der Waals surface area (Å²) in [5.41, 5.74) is 0.372. The number of aliphatic hydroxyl groups excluding tert-OH is 1. The van der Waals surface area contributed by atoms with Crippen LogP contribution in [0.25, 0.3) is 0 Å². The summed E-state index contributed by atoms with van der Waals surface area (Å²) >= 11 is 0. The van der Waals surface area contributed by atoms with Crippen molar-refractivity contribution in [3.8, 4) is 0 Å². The van der Waals surface area contributed by atoms with Crippen LogP contribution in [0.4, 0.5) is 0 Å². The van der Waals surface area contributed by atoms with E-state index in [0.717, 1.165) is 17.8 Å². The molecule has 4 bridgehead atoms. The second-order valence-electron chi connectivity index (χ2n) is 5.51. The van der Waals surface area contributed by atoms with E-state index < -0.39 is 0 Å². The van der Waals surface area contributed by atoms with E-state index in [1.807, 2.05) is 6.92 Å². The van der Waals surface area contributed by atoms with Crippen LogP contribution in [-0.2, 0) is 0 Å². The molecule has 4 aliphatic rings. The van der Waals surface area contributed by atoms with Gasteiger partial charge in [0.2, 0.25) is 0 Å². The van der Waals surface area contributed by atoms with Crippen LogP contribution in [0.15, 0.2) is 0 Å². The number of aliphatic hydroxyl groups is 1. The maximum absolute atomic E-state index is 9.79. The van der Waals surface area contributed by atoms with Crippen molar-refractivity contribution in [2.24, 2.45) is 23.2 Å². The van der Waals surface area contributed by atoms with Crippen molar-refractivity contribution >= 4 is 0 Å². The molecule has 0 aromatic rings. The van der Waals surface area contributed by atoms with E-state index in [1.165, 1.54) is 32.1 Å². The van der Waals surface area contributed by atoms with Gasteiger partial charge in [-0.15, -0.1) is 0 Å². The molecule has 4 aliphatic carbocycles. The minimum Gasteiger partial charge on any atom is -0.393 e. The number of hydrogen-bond acceptors (Lipinski definition) is 1. The minimum atomic E-state index is -0.0481. The Bertz CT molecular complexity index is 190. The molecular weight excluding hydrogens is 148 g/mol. The van der Waals surface area contributed by atoms with Crippen LogP contribution in [0.2, 0.25) is 0 Å². The summed E-state index contributed by atoms with van der Waals surface area (Å²) in [5.74, 6) is 2.98. The number of hydrogen-bond donors (Lipinski definition) is 1. The van der Waals surface area contributed by atoms with Gasteiger partial charge in [0.05, 0.1) is 6.10 Å². The van der Waals surface area contributed by atoms with E-state index in [9.17, 15) is 5.11 Å². The molecule has 1 heteroatoms. The first kappa shape index (κ1) is 7.37. The average molecular weight is 166 g/mol. The molecule has 4 unspecified atom stereocenters. The highest BCUT2D eigenvalue weighted by Gasteiger charge is 2.57. The Morgan fingerprint density at radius 3 is 2.17 bits per heavy atom. The van der Waals surface area contributed by atoms with Crippen molar-refractivity contribution in [2.75, 3.05) is 0 Å². The Morgan fingerprint density at radius 2 is 1.75 bits per heavy atom. The summed E-state index contributed by atoms with van der Waals surface area (Å²) in [4.78, 5) is 0. The SMILES string of the molecule is CC(O)C12CC3CC(C1)[C@@H](C3)C2. The van der Waals surface area contributed by atoms with Crippen LogP contribution >= 0.6 is 0 Å². The van der Waals surface area contributed by atoms with Gasteiger partial charge in [0.1, 0.15) is 0 Å². The van der Waals surface area contributed by atoms with Crippen LogP contribution < -0.4 is 0 Å². The lowest BCUT2D eigenvalue weighted by atomic mass is 9.67. The van der Waals surface area contributed by atoms with Gasteiger partial charge in [-0.3, -0.25) is 0 Å². The molecule has 5 atom stereocenters. The van der Waals surface area contributed by atoms with E-state index in [1.54, 1.807) is 0 Å². The summed E-state index contributed by atoms with van der Waals surface area (Å²) in [7, 11) is 0. The van der Waals surface area contributed by atoms with Gasteiger partial charge < -0.3 is 5.11 Å². The highest BCUT2D eigenvalue weighted by Crippen LogP contribution is 2.65. The van der Waals surface area contributed by atoms with Gasteiger partial charge in [-0.25, -0.2) is 0 Å². The van der Waals surface area contributed by atoms with Crippen molar-refractivity contribution in [1.82, 2.24) is 0 Å². The van der Waals surface area contributed by atoms with Crippen LogP contribution in [0.1, 0.15) is 39.0 Å². The molecule has 4 fully saturated rings. The zero-order valence-electron chi connectivity index (χ0n) is 7.79. The van der Waals surface area contributed by atoms with Crippen molar-refractivity contribution in [1.29, 1.82) is 0 Å². The van der Waals surface area contributed by atoms with Gasteiger partial charge >= 0.3 is 0 Å². The summed E-state index contributed by atoms with van der Waals surface area (Å²) < 4.78 is 0. The molecule has 1 nitrogen and oxygen atoms in total. The first-order valence-corrected chi connectivity index (χ1v) is 5.38. The molecule has 0 aliphatic heterocycles. The zero-order chi connectivity index (χ0) is 8.34. The largest absolute Gasteiger partial charge is 0.393 e. The standard InChI is InChI=1S/C11H18O/c1-7(12)11-4-8-2-9(5-11)10(3-8)6-11/h7-10,12H,2-6H2,1H3/t7?,8?,9-,10?,11?/m0/s1. The van der Waals surface area contributed by atoms with Crippen molar-refractivity contribution in [3.05, 3.63) is 0 Å². The van der Waals surface area contributed by atoms with Crippen LogP contribution in [0.5, 0.6) is 0 Å². The van der Waals surface area contributed by atoms with E-state index >= 15 is 0 Å².